The monoisotopic (exact) mass is 311 g/mol. The molecule has 0 aromatic heterocycles. The largest absolute Gasteiger partial charge is 0.348 e. The molecule has 0 aromatic rings. The highest BCUT2D eigenvalue weighted by molar-refractivity contribution is 5.79. The van der Waals surface area contributed by atoms with Gasteiger partial charge in [0, 0.05) is 44.7 Å². The molecule has 0 bridgehead atoms. The number of hydrogen-bond donors (Lipinski definition) is 0. The van der Waals surface area contributed by atoms with E-state index in [9.17, 15) is 4.79 Å². The zero-order chi connectivity index (χ0) is 15.0. The Hall–Kier alpha value is -0.690. The number of carbonyl (C=O) groups excluding carboxylic acids is 1. The van der Waals surface area contributed by atoms with Crippen molar-refractivity contribution >= 4 is 5.91 Å². The number of piperidine rings is 1. The standard InChI is InChI=1S/C16H25NO5/c18-14(13-1-3-15(4-2-13)19-9-10-20-15)17-7-5-16(6-8-17)21-11-12-22-16/h13H,1-12H2. The Kier molecular flexibility index (Phi) is 3.88. The molecule has 1 amide bonds. The van der Waals surface area contributed by atoms with Gasteiger partial charge in [-0.1, -0.05) is 0 Å². The maximum absolute atomic E-state index is 12.7. The highest BCUT2D eigenvalue weighted by Crippen LogP contribution is 2.39. The molecule has 1 aliphatic carbocycles. The Morgan fingerprint density at radius 2 is 1.23 bits per heavy atom. The second-order valence-electron chi connectivity index (χ2n) is 6.81. The van der Waals surface area contributed by atoms with Gasteiger partial charge in [0.1, 0.15) is 0 Å². The molecule has 0 radical (unpaired) electrons. The van der Waals surface area contributed by atoms with Crippen LogP contribution in [0.3, 0.4) is 0 Å². The number of amides is 1. The predicted octanol–water partition coefficient (Wildman–Crippen LogP) is 1.29. The molecule has 4 rings (SSSR count). The van der Waals surface area contributed by atoms with Crippen molar-refractivity contribution in [1.82, 2.24) is 4.90 Å². The van der Waals surface area contributed by atoms with Gasteiger partial charge in [-0.3, -0.25) is 4.79 Å². The molecule has 3 saturated heterocycles. The normalized spacial score (nSPS) is 31.2. The fourth-order valence-corrected chi connectivity index (χ4v) is 4.20. The first-order valence-corrected chi connectivity index (χ1v) is 8.55. The summed E-state index contributed by atoms with van der Waals surface area (Å²) >= 11 is 0. The topological polar surface area (TPSA) is 57.2 Å². The minimum absolute atomic E-state index is 0.123. The SMILES string of the molecule is O=C(C1CCC2(CC1)OCCO2)N1CCC2(CC1)OCCO2. The number of likely N-dealkylation sites (tertiary alicyclic amines) is 1. The van der Waals surface area contributed by atoms with E-state index in [2.05, 4.69) is 0 Å². The van der Waals surface area contributed by atoms with Crippen LogP contribution >= 0.6 is 0 Å². The Bertz CT molecular complexity index is 370. The molecule has 3 aliphatic heterocycles. The molecule has 2 spiro atoms. The zero-order valence-electron chi connectivity index (χ0n) is 13.1. The van der Waals surface area contributed by atoms with Crippen molar-refractivity contribution in [2.45, 2.75) is 50.1 Å². The average molecular weight is 311 g/mol. The number of nitrogens with zero attached hydrogens (tertiary/aromatic N) is 1. The summed E-state index contributed by atoms with van der Waals surface area (Å²) in [5, 5.41) is 0. The van der Waals surface area contributed by atoms with Gasteiger partial charge in [0.25, 0.3) is 0 Å². The molecule has 0 unspecified atom stereocenters. The van der Waals surface area contributed by atoms with Gasteiger partial charge in [0.15, 0.2) is 11.6 Å². The summed E-state index contributed by atoms with van der Waals surface area (Å²) in [5.74, 6) is -0.369. The number of ether oxygens (including phenoxy) is 4. The van der Waals surface area contributed by atoms with Crippen molar-refractivity contribution < 1.29 is 23.7 Å². The minimum Gasteiger partial charge on any atom is -0.348 e. The van der Waals surface area contributed by atoms with Crippen molar-refractivity contribution in [3.05, 3.63) is 0 Å². The van der Waals surface area contributed by atoms with Crippen molar-refractivity contribution in [3.63, 3.8) is 0 Å². The van der Waals surface area contributed by atoms with Crippen LogP contribution in [0.15, 0.2) is 0 Å². The Labute approximate surface area is 131 Å². The van der Waals surface area contributed by atoms with Crippen molar-refractivity contribution in [1.29, 1.82) is 0 Å². The van der Waals surface area contributed by atoms with Crippen LogP contribution in [0.5, 0.6) is 0 Å². The van der Waals surface area contributed by atoms with Crippen molar-refractivity contribution in [2.24, 2.45) is 5.92 Å². The number of hydrogen-bond acceptors (Lipinski definition) is 5. The fraction of sp³-hybridized carbons (Fsp3) is 0.938. The van der Waals surface area contributed by atoms with Crippen LogP contribution in [0.25, 0.3) is 0 Å². The van der Waals surface area contributed by atoms with Gasteiger partial charge in [-0.2, -0.15) is 0 Å². The Morgan fingerprint density at radius 1 is 0.773 bits per heavy atom. The first-order chi connectivity index (χ1) is 10.7. The number of rotatable bonds is 1. The first-order valence-electron chi connectivity index (χ1n) is 8.55. The molecular formula is C16H25NO5. The smallest absolute Gasteiger partial charge is 0.225 e. The fourth-order valence-electron chi connectivity index (χ4n) is 4.20. The van der Waals surface area contributed by atoms with Gasteiger partial charge in [-0.05, 0) is 12.8 Å². The summed E-state index contributed by atoms with van der Waals surface area (Å²) in [6.07, 6.45) is 5.00. The lowest BCUT2D eigenvalue weighted by molar-refractivity contribution is -0.194. The minimum atomic E-state index is -0.404. The van der Waals surface area contributed by atoms with E-state index in [1.165, 1.54) is 0 Å². The Balaban J connectivity index is 1.30. The molecular weight excluding hydrogens is 286 g/mol. The summed E-state index contributed by atoms with van der Waals surface area (Å²) in [5.41, 5.74) is 0. The molecule has 124 valence electrons. The summed E-state index contributed by atoms with van der Waals surface area (Å²) in [6.45, 7) is 4.22. The Morgan fingerprint density at radius 3 is 1.73 bits per heavy atom. The van der Waals surface area contributed by atoms with Crippen LogP contribution in [-0.2, 0) is 23.7 Å². The lowest BCUT2D eigenvalue weighted by Gasteiger charge is -2.41. The average Bonchev–Trinajstić information content (AvgIpc) is 3.19. The van der Waals surface area contributed by atoms with Gasteiger partial charge in [-0.25, -0.2) is 0 Å². The third kappa shape index (κ3) is 2.66. The molecule has 6 heteroatoms. The molecule has 0 atom stereocenters. The second-order valence-corrected chi connectivity index (χ2v) is 6.81. The van der Waals surface area contributed by atoms with Crippen molar-refractivity contribution in [3.8, 4) is 0 Å². The van der Waals surface area contributed by atoms with Crippen LogP contribution in [0, 0.1) is 5.92 Å². The van der Waals surface area contributed by atoms with Crippen molar-refractivity contribution in [2.75, 3.05) is 39.5 Å². The second kappa shape index (κ2) is 5.74. The van der Waals surface area contributed by atoms with E-state index in [0.29, 0.717) is 32.3 Å². The summed E-state index contributed by atoms with van der Waals surface area (Å²) in [4.78, 5) is 14.7. The summed E-state index contributed by atoms with van der Waals surface area (Å²) in [7, 11) is 0. The third-order valence-electron chi connectivity index (χ3n) is 5.56. The van der Waals surface area contributed by atoms with E-state index in [1.807, 2.05) is 4.90 Å². The lowest BCUT2D eigenvalue weighted by Crippen LogP contribution is -2.50. The molecule has 1 saturated carbocycles. The molecule has 3 heterocycles. The van der Waals surface area contributed by atoms with Gasteiger partial charge < -0.3 is 23.8 Å². The maximum atomic E-state index is 12.7. The van der Waals surface area contributed by atoms with Crippen LogP contribution in [0.4, 0.5) is 0 Å². The van der Waals surface area contributed by atoms with Crippen LogP contribution in [0.1, 0.15) is 38.5 Å². The maximum Gasteiger partial charge on any atom is 0.225 e. The van der Waals surface area contributed by atoms with E-state index in [0.717, 1.165) is 51.6 Å². The molecule has 0 N–H and O–H groups in total. The first kappa shape index (κ1) is 14.9. The zero-order valence-corrected chi connectivity index (χ0v) is 13.1. The summed E-state index contributed by atoms with van der Waals surface area (Å²) in [6, 6.07) is 0. The van der Waals surface area contributed by atoms with Gasteiger partial charge >= 0.3 is 0 Å². The molecule has 22 heavy (non-hydrogen) atoms. The molecule has 4 aliphatic rings. The van der Waals surface area contributed by atoms with E-state index in [1.54, 1.807) is 0 Å². The van der Waals surface area contributed by atoms with Gasteiger partial charge in [0.05, 0.1) is 26.4 Å². The van der Waals surface area contributed by atoms with E-state index in [4.69, 9.17) is 18.9 Å². The van der Waals surface area contributed by atoms with E-state index >= 15 is 0 Å². The molecule has 6 nitrogen and oxygen atoms in total. The van der Waals surface area contributed by atoms with Gasteiger partial charge in [0.2, 0.25) is 5.91 Å². The van der Waals surface area contributed by atoms with E-state index in [-0.39, 0.29) is 11.7 Å². The van der Waals surface area contributed by atoms with E-state index < -0.39 is 5.79 Å². The van der Waals surface area contributed by atoms with Gasteiger partial charge in [-0.15, -0.1) is 0 Å². The quantitative estimate of drug-likeness (QED) is 0.730. The van der Waals surface area contributed by atoms with Crippen LogP contribution < -0.4 is 0 Å². The predicted molar refractivity (Wildman–Crippen MR) is 77.0 cm³/mol. The van der Waals surface area contributed by atoms with Crippen LogP contribution in [0.2, 0.25) is 0 Å². The number of carbonyl (C=O) groups is 1. The van der Waals surface area contributed by atoms with Crippen LogP contribution in [-0.4, -0.2) is 61.9 Å². The summed E-state index contributed by atoms with van der Waals surface area (Å²) < 4.78 is 22.9. The third-order valence-corrected chi connectivity index (χ3v) is 5.56. The lowest BCUT2D eigenvalue weighted by atomic mass is 9.84. The highest BCUT2D eigenvalue weighted by Gasteiger charge is 2.45. The molecule has 4 fully saturated rings. The molecule has 0 aromatic carbocycles. The highest BCUT2D eigenvalue weighted by atomic mass is 16.7.